The lowest BCUT2D eigenvalue weighted by Gasteiger charge is -2.05. The van der Waals surface area contributed by atoms with Crippen molar-refractivity contribution in [2.24, 2.45) is 0 Å². The molecular formula is C12H14N2O3. The van der Waals surface area contributed by atoms with Gasteiger partial charge in [-0.2, -0.15) is 0 Å². The van der Waals surface area contributed by atoms with Crippen molar-refractivity contribution >= 4 is 22.8 Å². The van der Waals surface area contributed by atoms with Crippen molar-refractivity contribution in [1.82, 2.24) is 4.98 Å². The van der Waals surface area contributed by atoms with Crippen LogP contribution < -0.4 is 5.32 Å². The molecular weight excluding hydrogens is 220 g/mol. The van der Waals surface area contributed by atoms with Gasteiger partial charge in [0.05, 0.1) is 6.61 Å². The van der Waals surface area contributed by atoms with E-state index in [1.54, 1.807) is 13.8 Å². The van der Waals surface area contributed by atoms with E-state index < -0.39 is 0 Å². The predicted molar refractivity (Wildman–Crippen MR) is 63.9 cm³/mol. The van der Waals surface area contributed by atoms with Crippen LogP contribution in [0, 0.1) is 6.92 Å². The molecule has 5 nitrogen and oxygen atoms in total. The second-order valence-electron chi connectivity index (χ2n) is 3.57. The molecule has 0 saturated heterocycles. The third-order valence-electron chi connectivity index (χ3n) is 2.24. The molecule has 5 heteroatoms. The van der Waals surface area contributed by atoms with Crippen LogP contribution in [0.2, 0.25) is 0 Å². The number of ether oxygens (including phenoxy) is 1. The summed E-state index contributed by atoms with van der Waals surface area (Å²) in [4.78, 5) is 15.4. The molecule has 0 atom stereocenters. The molecule has 90 valence electrons. The Morgan fingerprint density at radius 1 is 1.53 bits per heavy atom. The summed E-state index contributed by atoms with van der Waals surface area (Å²) in [6.07, 6.45) is 0. The molecule has 0 saturated carbocycles. The van der Waals surface area contributed by atoms with Gasteiger partial charge in [-0.15, -0.1) is 0 Å². The Labute approximate surface area is 98.8 Å². The number of hydrogen-bond acceptors (Lipinski definition) is 5. The largest absolute Gasteiger partial charge is 0.465 e. The van der Waals surface area contributed by atoms with Crippen molar-refractivity contribution in [2.45, 2.75) is 13.8 Å². The number of benzene rings is 1. The van der Waals surface area contributed by atoms with Gasteiger partial charge in [0.25, 0.3) is 0 Å². The number of fused-ring (bicyclic) bond motifs is 1. The Morgan fingerprint density at radius 3 is 3.12 bits per heavy atom. The molecule has 2 aromatic rings. The number of carbonyl (C=O) groups is 1. The maximum atomic E-state index is 11.2. The Morgan fingerprint density at radius 2 is 2.35 bits per heavy atom. The minimum Gasteiger partial charge on any atom is -0.465 e. The second-order valence-corrected chi connectivity index (χ2v) is 3.57. The van der Waals surface area contributed by atoms with Gasteiger partial charge < -0.3 is 14.5 Å². The van der Waals surface area contributed by atoms with Crippen molar-refractivity contribution in [1.29, 1.82) is 0 Å². The lowest BCUT2D eigenvalue weighted by molar-refractivity contribution is -0.140. The minimum atomic E-state index is -0.274. The van der Waals surface area contributed by atoms with Gasteiger partial charge in [-0.05, 0) is 25.1 Å². The number of esters is 1. The summed E-state index contributed by atoms with van der Waals surface area (Å²) in [5.41, 5.74) is 2.33. The van der Waals surface area contributed by atoms with Crippen LogP contribution in [0.15, 0.2) is 22.6 Å². The number of anilines is 1. The average Bonchev–Trinajstić information content (AvgIpc) is 2.66. The van der Waals surface area contributed by atoms with Gasteiger partial charge in [0.15, 0.2) is 11.5 Å². The van der Waals surface area contributed by atoms with Gasteiger partial charge in [-0.3, -0.25) is 4.79 Å². The highest BCUT2D eigenvalue weighted by Crippen LogP contribution is 2.19. The van der Waals surface area contributed by atoms with Crippen molar-refractivity contribution in [3.63, 3.8) is 0 Å². The molecule has 1 aromatic heterocycles. The highest BCUT2D eigenvalue weighted by molar-refractivity contribution is 5.79. The van der Waals surface area contributed by atoms with E-state index in [-0.39, 0.29) is 12.5 Å². The number of carbonyl (C=O) groups excluding carboxylic acids is 1. The Kier molecular flexibility index (Phi) is 3.27. The highest BCUT2D eigenvalue weighted by atomic mass is 16.5. The lowest BCUT2D eigenvalue weighted by Crippen LogP contribution is -2.16. The van der Waals surface area contributed by atoms with Crippen LogP contribution in [0.4, 0.5) is 5.69 Å². The van der Waals surface area contributed by atoms with Crippen LogP contribution in [-0.4, -0.2) is 24.1 Å². The SMILES string of the molecule is CCOC(=O)CNc1ccc2oc(C)nc2c1. The quantitative estimate of drug-likeness (QED) is 0.821. The van der Waals surface area contributed by atoms with Gasteiger partial charge >= 0.3 is 5.97 Å². The fraction of sp³-hybridized carbons (Fsp3) is 0.333. The van der Waals surface area contributed by atoms with Gasteiger partial charge in [0.2, 0.25) is 0 Å². The lowest BCUT2D eigenvalue weighted by atomic mass is 10.3. The molecule has 0 fully saturated rings. The molecule has 0 spiro atoms. The van der Waals surface area contributed by atoms with E-state index >= 15 is 0 Å². The van der Waals surface area contributed by atoms with Crippen LogP contribution in [0.1, 0.15) is 12.8 Å². The van der Waals surface area contributed by atoms with Crippen LogP contribution in [0.3, 0.4) is 0 Å². The molecule has 0 aliphatic rings. The van der Waals surface area contributed by atoms with Gasteiger partial charge in [0, 0.05) is 12.6 Å². The minimum absolute atomic E-state index is 0.149. The maximum Gasteiger partial charge on any atom is 0.325 e. The van der Waals surface area contributed by atoms with E-state index in [4.69, 9.17) is 9.15 Å². The molecule has 1 heterocycles. The summed E-state index contributed by atoms with van der Waals surface area (Å²) < 4.78 is 10.2. The number of aromatic nitrogens is 1. The number of rotatable bonds is 4. The molecule has 0 aliphatic carbocycles. The van der Waals surface area contributed by atoms with Crippen LogP contribution in [0.25, 0.3) is 11.1 Å². The van der Waals surface area contributed by atoms with Crippen LogP contribution in [0.5, 0.6) is 0 Å². The second kappa shape index (κ2) is 4.86. The van der Waals surface area contributed by atoms with E-state index in [9.17, 15) is 4.79 Å². The molecule has 0 bridgehead atoms. The van der Waals surface area contributed by atoms with E-state index in [0.717, 1.165) is 16.8 Å². The van der Waals surface area contributed by atoms with Crippen LogP contribution >= 0.6 is 0 Å². The first kappa shape index (κ1) is 11.4. The van der Waals surface area contributed by atoms with E-state index in [0.29, 0.717) is 12.5 Å². The number of hydrogen-bond donors (Lipinski definition) is 1. The fourth-order valence-electron chi connectivity index (χ4n) is 1.54. The first-order valence-electron chi connectivity index (χ1n) is 5.45. The molecule has 17 heavy (non-hydrogen) atoms. The summed E-state index contributed by atoms with van der Waals surface area (Å²) in [6, 6.07) is 5.50. The van der Waals surface area contributed by atoms with Crippen molar-refractivity contribution in [2.75, 3.05) is 18.5 Å². The third kappa shape index (κ3) is 2.75. The fourth-order valence-corrected chi connectivity index (χ4v) is 1.54. The normalized spacial score (nSPS) is 10.5. The number of aryl methyl sites for hydroxylation is 1. The molecule has 0 aliphatic heterocycles. The zero-order valence-corrected chi connectivity index (χ0v) is 9.82. The maximum absolute atomic E-state index is 11.2. The molecule has 1 N–H and O–H groups in total. The first-order chi connectivity index (χ1) is 8.19. The molecule has 2 rings (SSSR count). The summed E-state index contributed by atoms with van der Waals surface area (Å²) >= 11 is 0. The van der Waals surface area contributed by atoms with Gasteiger partial charge in [-0.1, -0.05) is 0 Å². The Balaban J connectivity index is 2.06. The molecule has 0 radical (unpaired) electrons. The van der Waals surface area contributed by atoms with E-state index in [2.05, 4.69) is 10.3 Å². The molecule has 0 unspecified atom stereocenters. The van der Waals surface area contributed by atoms with Crippen molar-refractivity contribution in [3.05, 3.63) is 24.1 Å². The Bertz CT molecular complexity index is 534. The molecule has 1 aromatic carbocycles. The van der Waals surface area contributed by atoms with E-state index in [1.165, 1.54) is 0 Å². The first-order valence-corrected chi connectivity index (χ1v) is 5.45. The molecule has 0 amide bonds. The van der Waals surface area contributed by atoms with Crippen molar-refractivity contribution < 1.29 is 13.9 Å². The number of nitrogens with one attached hydrogen (secondary N) is 1. The average molecular weight is 234 g/mol. The zero-order chi connectivity index (χ0) is 12.3. The monoisotopic (exact) mass is 234 g/mol. The number of nitrogens with zero attached hydrogens (tertiary/aromatic N) is 1. The third-order valence-corrected chi connectivity index (χ3v) is 2.24. The Hall–Kier alpha value is -2.04. The highest BCUT2D eigenvalue weighted by Gasteiger charge is 2.05. The smallest absolute Gasteiger partial charge is 0.325 e. The standard InChI is InChI=1S/C12H14N2O3/c1-3-16-12(15)7-13-9-4-5-11-10(6-9)14-8(2)17-11/h4-6,13H,3,7H2,1-2H3. The zero-order valence-electron chi connectivity index (χ0n) is 9.82. The summed E-state index contributed by atoms with van der Waals surface area (Å²) in [5, 5.41) is 2.97. The van der Waals surface area contributed by atoms with Crippen molar-refractivity contribution in [3.8, 4) is 0 Å². The summed E-state index contributed by atoms with van der Waals surface area (Å²) in [7, 11) is 0. The summed E-state index contributed by atoms with van der Waals surface area (Å²) in [5.74, 6) is 0.353. The summed E-state index contributed by atoms with van der Waals surface area (Å²) in [6.45, 7) is 4.12. The van der Waals surface area contributed by atoms with E-state index in [1.807, 2.05) is 18.2 Å². The van der Waals surface area contributed by atoms with Gasteiger partial charge in [-0.25, -0.2) is 4.98 Å². The van der Waals surface area contributed by atoms with Crippen LogP contribution in [-0.2, 0) is 9.53 Å². The topological polar surface area (TPSA) is 64.4 Å². The predicted octanol–water partition coefficient (Wildman–Crippen LogP) is 2.11. The van der Waals surface area contributed by atoms with Gasteiger partial charge in [0.1, 0.15) is 12.1 Å². The number of oxazole rings is 1.